The second-order valence-electron chi connectivity index (χ2n) is 6.42. The topological polar surface area (TPSA) is 29.1 Å². The van der Waals surface area contributed by atoms with E-state index in [2.05, 4.69) is 38.2 Å². The van der Waals surface area contributed by atoms with Crippen molar-refractivity contribution in [3.8, 4) is 0 Å². The van der Waals surface area contributed by atoms with Crippen LogP contribution in [0.5, 0.6) is 0 Å². The summed E-state index contributed by atoms with van der Waals surface area (Å²) in [6.45, 7) is 7.59. The highest BCUT2D eigenvalue weighted by Gasteiger charge is 2.26. The van der Waals surface area contributed by atoms with E-state index in [1.165, 1.54) is 24.8 Å². The molecular formula is C18H29NOS. The molecular weight excluding hydrogens is 278 g/mol. The minimum atomic E-state index is -0.848. The fourth-order valence-electron chi connectivity index (χ4n) is 3.29. The summed E-state index contributed by atoms with van der Waals surface area (Å²) < 4.78 is 12.4. The molecule has 0 aliphatic heterocycles. The predicted molar refractivity (Wildman–Crippen MR) is 91.2 cm³/mol. The quantitative estimate of drug-likeness (QED) is 0.822. The third-order valence-corrected chi connectivity index (χ3v) is 6.01. The molecule has 1 aliphatic carbocycles. The van der Waals surface area contributed by atoms with E-state index in [9.17, 15) is 4.21 Å². The van der Waals surface area contributed by atoms with Gasteiger partial charge < -0.3 is 5.32 Å². The molecule has 1 fully saturated rings. The molecule has 3 atom stereocenters. The van der Waals surface area contributed by atoms with E-state index in [1.807, 2.05) is 12.1 Å². The maximum atomic E-state index is 12.4. The van der Waals surface area contributed by atoms with Gasteiger partial charge in [-0.1, -0.05) is 39.3 Å². The molecule has 1 aromatic carbocycles. The van der Waals surface area contributed by atoms with Gasteiger partial charge in [0.05, 0.1) is 10.8 Å². The van der Waals surface area contributed by atoms with E-state index in [1.54, 1.807) is 0 Å². The Labute approximate surface area is 132 Å². The van der Waals surface area contributed by atoms with Crippen LogP contribution in [0, 0.1) is 5.92 Å². The standard InChI is InChI=1S/C18H29NOS/c1-4-19-18-7-5-6-16(18)12-13-21(20)17-10-8-15(9-11-17)14(2)3/h8-11,14,16,18-19H,4-7,12-13H2,1-3H3. The minimum Gasteiger partial charge on any atom is -0.314 e. The van der Waals surface area contributed by atoms with E-state index >= 15 is 0 Å². The van der Waals surface area contributed by atoms with Crippen LogP contribution in [0.4, 0.5) is 0 Å². The molecule has 0 amide bonds. The van der Waals surface area contributed by atoms with Crippen molar-refractivity contribution in [2.45, 2.75) is 63.3 Å². The Hall–Kier alpha value is -0.670. The Morgan fingerprint density at radius 2 is 1.95 bits per heavy atom. The summed E-state index contributed by atoms with van der Waals surface area (Å²) in [5.41, 5.74) is 1.32. The smallest absolute Gasteiger partial charge is 0.0529 e. The summed E-state index contributed by atoms with van der Waals surface area (Å²) >= 11 is 0. The van der Waals surface area contributed by atoms with Gasteiger partial charge in [0.1, 0.15) is 0 Å². The molecule has 1 aliphatic rings. The maximum absolute atomic E-state index is 12.4. The lowest BCUT2D eigenvalue weighted by molar-refractivity contribution is 0.399. The van der Waals surface area contributed by atoms with Crippen LogP contribution in [0.2, 0.25) is 0 Å². The van der Waals surface area contributed by atoms with Crippen molar-refractivity contribution in [3.63, 3.8) is 0 Å². The molecule has 0 saturated heterocycles. The largest absolute Gasteiger partial charge is 0.314 e. The van der Waals surface area contributed by atoms with E-state index < -0.39 is 10.8 Å². The van der Waals surface area contributed by atoms with Crippen molar-refractivity contribution in [3.05, 3.63) is 29.8 Å². The summed E-state index contributed by atoms with van der Waals surface area (Å²) in [5, 5.41) is 3.58. The Morgan fingerprint density at radius 1 is 1.24 bits per heavy atom. The Kier molecular flexibility index (Phi) is 6.43. The SMILES string of the molecule is CCNC1CCCC1CCS(=O)c1ccc(C(C)C)cc1. The average molecular weight is 308 g/mol. The molecule has 1 aromatic rings. The molecule has 21 heavy (non-hydrogen) atoms. The van der Waals surface area contributed by atoms with Crippen molar-refractivity contribution in [2.24, 2.45) is 5.92 Å². The number of hydrogen-bond acceptors (Lipinski definition) is 2. The van der Waals surface area contributed by atoms with Crippen LogP contribution in [-0.4, -0.2) is 22.5 Å². The number of benzene rings is 1. The third-order valence-electron chi connectivity index (χ3n) is 4.61. The number of nitrogens with one attached hydrogen (secondary N) is 1. The van der Waals surface area contributed by atoms with Gasteiger partial charge >= 0.3 is 0 Å². The summed E-state index contributed by atoms with van der Waals surface area (Å²) in [6.07, 6.45) is 4.98. The molecule has 0 spiro atoms. The highest BCUT2D eigenvalue weighted by molar-refractivity contribution is 7.85. The highest BCUT2D eigenvalue weighted by Crippen LogP contribution is 2.29. The molecule has 0 heterocycles. The van der Waals surface area contributed by atoms with Crippen LogP contribution in [-0.2, 0) is 10.8 Å². The van der Waals surface area contributed by atoms with Gasteiger partial charge in [0.2, 0.25) is 0 Å². The maximum Gasteiger partial charge on any atom is 0.0529 e. The summed E-state index contributed by atoms with van der Waals surface area (Å²) in [7, 11) is -0.848. The fourth-order valence-corrected chi connectivity index (χ4v) is 4.49. The first-order valence-electron chi connectivity index (χ1n) is 8.33. The first-order chi connectivity index (χ1) is 10.1. The van der Waals surface area contributed by atoms with E-state index in [0.717, 1.165) is 23.6 Å². The van der Waals surface area contributed by atoms with Crippen molar-refractivity contribution < 1.29 is 4.21 Å². The van der Waals surface area contributed by atoms with E-state index in [-0.39, 0.29) is 0 Å². The van der Waals surface area contributed by atoms with Crippen LogP contribution in [0.1, 0.15) is 57.9 Å². The monoisotopic (exact) mass is 307 g/mol. The Balaban J connectivity index is 1.86. The molecule has 0 aromatic heterocycles. The summed E-state index contributed by atoms with van der Waals surface area (Å²) in [5.74, 6) is 2.05. The lowest BCUT2D eigenvalue weighted by atomic mass is 10.0. The second kappa shape index (κ2) is 8.09. The van der Waals surface area contributed by atoms with Gasteiger partial charge in [-0.2, -0.15) is 0 Å². The molecule has 2 rings (SSSR count). The third kappa shape index (κ3) is 4.65. The van der Waals surface area contributed by atoms with Crippen molar-refractivity contribution in [2.75, 3.05) is 12.3 Å². The number of rotatable bonds is 7. The van der Waals surface area contributed by atoms with Crippen molar-refractivity contribution >= 4 is 10.8 Å². The zero-order chi connectivity index (χ0) is 15.2. The van der Waals surface area contributed by atoms with Gasteiger partial charge in [-0.15, -0.1) is 0 Å². The van der Waals surface area contributed by atoms with Crippen LogP contribution in [0.15, 0.2) is 29.2 Å². The predicted octanol–water partition coefficient (Wildman–Crippen LogP) is 4.09. The summed E-state index contributed by atoms with van der Waals surface area (Å²) in [4.78, 5) is 0.984. The van der Waals surface area contributed by atoms with Gasteiger partial charge in [0, 0.05) is 16.7 Å². The molecule has 3 unspecified atom stereocenters. The van der Waals surface area contributed by atoms with Crippen LogP contribution in [0.25, 0.3) is 0 Å². The lowest BCUT2D eigenvalue weighted by Crippen LogP contribution is -2.32. The van der Waals surface area contributed by atoms with Crippen LogP contribution < -0.4 is 5.32 Å². The molecule has 0 radical (unpaired) electrons. The second-order valence-corrected chi connectivity index (χ2v) is 7.99. The van der Waals surface area contributed by atoms with Gasteiger partial charge in [-0.25, -0.2) is 0 Å². The lowest BCUT2D eigenvalue weighted by Gasteiger charge is -2.20. The summed E-state index contributed by atoms with van der Waals surface area (Å²) in [6, 6.07) is 8.98. The molecule has 2 nitrogen and oxygen atoms in total. The average Bonchev–Trinajstić information content (AvgIpc) is 2.92. The fraction of sp³-hybridized carbons (Fsp3) is 0.667. The van der Waals surface area contributed by atoms with Gasteiger partial charge in [-0.3, -0.25) is 4.21 Å². The van der Waals surface area contributed by atoms with Crippen LogP contribution in [0.3, 0.4) is 0 Å². The first kappa shape index (κ1) is 16.7. The van der Waals surface area contributed by atoms with Gasteiger partial charge in [0.25, 0.3) is 0 Å². The van der Waals surface area contributed by atoms with Gasteiger partial charge in [-0.05, 0) is 55.3 Å². The zero-order valence-corrected chi connectivity index (χ0v) is 14.4. The van der Waals surface area contributed by atoms with Crippen molar-refractivity contribution in [1.82, 2.24) is 5.32 Å². The normalized spacial score (nSPS) is 23.6. The first-order valence-corrected chi connectivity index (χ1v) is 9.65. The van der Waals surface area contributed by atoms with Crippen molar-refractivity contribution in [1.29, 1.82) is 0 Å². The Morgan fingerprint density at radius 3 is 2.57 bits per heavy atom. The van der Waals surface area contributed by atoms with Gasteiger partial charge in [0.15, 0.2) is 0 Å². The minimum absolute atomic E-state index is 0.534. The highest BCUT2D eigenvalue weighted by atomic mass is 32.2. The zero-order valence-electron chi connectivity index (χ0n) is 13.6. The van der Waals surface area contributed by atoms with Crippen LogP contribution >= 0.6 is 0 Å². The molecule has 1 saturated carbocycles. The molecule has 1 N–H and O–H groups in total. The molecule has 0 bridgehead atoms. The Bertz CT molecular complexity index is 455. The van der Waals surface area contributed by atoms with E-state index in [0.29, 0.717) is 17.9 Å². The molecule has 3 heteroatoms. The number of hydrogen-bond donors (Lipinski definition) is 1. The molecule has 118 valence electrons. The van der Waals surface area contributed by atoms with E-state index in [4.69, 9.17) is 0 Å².